The second kappa shape index (κ2) is 4.62. The Morgan fingerprint density at radius 3 is 2.24 bits per heavy atom. The summed E-state index contributed by atoms with van der Waals surface area (Å²) >= 11 is 0. The summed E-state index contributed by atoms with van der Waals surface area (Å²) in [4.78, 5) is 4.39. The number of aromatic nitrogens is 2. The van der Waals surface area contributed by atoms with Crippen LogP contribution >= 0.6 is 0 Å². The van der Waals surface area contributed by atoms with Gasteiger partial charge >= 0.3 is 0 Å². The number of benzene rings is 1. The van der Waals surface area contributed by atoms with E-state index < -0.39 is 0 Å². The van der Waals surface area contributed by atoms with E-state index in [4.69, 9.17) is 5.73 Å². The Bertz CT molecular complexity index is 509. The molecule has 3 nitrogen and oxygen atoms in total. The van der Waals surface area contributed by atoms with Gasteiger partial charge in [0.05, 0.1) is 5.69 Å². The molecular formula is C14H19N3. The van der Waals surface area contributed by atoms with Crippen LogP contribution in [0.1, 0.15) is 29.4 Å². The van der Waals surface area contributed by atoms with E-state index in [1.165, 1.54) is 11.1 Å². The molecule has 0 saturated heterocycles. The van der Waals surface area contributed by atoms with E-state index in [2.05, 4.69) is 43.1 Å². The molecular weight excluding hydrogens is 210 g/mol. The fourth-order valence-corrected chi connectivity index (χ4v) is 1.91. The maximum absolute atomic E-state index is 5.79. The highest BCUT2D eigenvalue weighted by atomic mass is 15.1. The van der Waals surface area contributed by atoms with Crippen LogP contribution in [0.15, 0.2) is 24.3 Å². The third-order valence-electron chi connectivity index (χ3n) is 3.32. The first-order valence-corrected chi connectivity index (χ1v) is 5.97. The Morgan fingerprint density at radius 2 is 1.76 bits per heavy atom. The first-order chi connectivity index (χ1) is 8.11. The molecule has 1 aromatic carbocycles. The predicted octanol–water partition coefficient (Wildman–Crippen LogP) is 2.46. The number of anilines is 1. The van der Waals surface area contributed by atoms with Gasteiger partial charge < -0.3 is 10.3 Å². The molecule has 0 aliphatic carbocycles. The number of rotatable bonds is 3. The first kappa shape index (κ1) is 11.7. The van der Waals surface area contributed by atoms with Crippen LogP contribution in [-0.4, -0.2) is 9.55 Å². The van der Waals surface area contributed by atoms with E-state index >= 15 is 0 Å². The molecule has 17 heavy (non-hydrogen) atoms. The Kier molecular flexibility index (Phi) is 3.18. The van der Waals surface area contributed by atoms with E-state index in [-0.39, 0.29) is 0 Å². The third-order valence-corrected chi connectivity index (χ3v) is 3.32. The Labute approximate surface area is 102 Å². The lowest BCUT2D eigenvalue weighted by molar-refractivity contribution is 0.881. The van der Waals surface area contributed by atoms with Crippen LogP contribution in [0, 0.1) is 6.92 Å². The van der Waals surface area contributed by atoms with E-state index in [1.54, 1.807) is 0 Å². The molecule has 2 rings (SSSR count). The zero-order valence-corrected chi connectivity index (χ0v) is 10.7. The van der Waals surface area contributed by atoms with Crippen LogP contribution in [0.3, 0.4) is 0 Å². The van der Waals surface area contributed by atoms with Crippen LogP contribution in [0.2, 0.25) is 0 Å². The largest absolute Gasteiger partial charge is 0.369 e. The highest BCUT2D eigenvalue weighted by Crippen LogP contribution is 2.16. The maximum atomic E-state index is 5.79. The summed E-state index contributed by atoms with van der Waals surface area (Å²) < 4.78 is 1.93. The zero-order valence-electron chi connectivity index (χ0n) is 10.7. The van der Waals surface area contributed by atoms with Crippen molar-refractivity contribution in [3.05, 3.63) is 46.8 Å². The average molecular weight is 229 g/mol. The standard InChI is InChI=1S/C14H19N3/c1-4-11-5-7-12(8-6-11)9-13-10(2)17(3)14(15)16-13/h5-8H,4,9H2,1-3H3,(H2,15,16). The van der Waals surface area contributed by atoms with Crippen molar-refractivity contribution in [1.29, 1.82) is 0 Å². The highest BCUT2D eigenvalue weighted by molar-refractivity contribution is 5.33. The van der Waals surface area contributed by atoms with Gasteiger partial charge in [0, 0.05) is 19.2 Å². The van der Waals surface area contributed by atoms with Crippen molar-refractivity contribution < 1.29 is 0 Å². The molecule has 2 aromatic rings. The minimum absolute atomic E-state index is 0.586. The molecule has 90 valence electrons. The number of hydrogen-bond acceptors (Lipinski definition) is 2. The van der Waals surface area contributed by atoms with Crippen LogP contribution < -0.4 is 5.73 Å². The number of aryl methyl sites for hydroxylation is 1. The highest BCUT2D eigenvalue weighted by Gasteiger charge is 2.08. The molecule has 0 aliphatic rings. The van der Waals surface area contributed by atoms with Gasteiger partial charge in [-0.05, 0) is 24.5 Å². The molecule has 0 unspecified atom stereocenters. The summed E-state index contributed by atoms with van der Waals surface area (Å²) in [7, 11) is 1.95. The second-order valence-electron chi connectivity index (χ2n) is 4.41. The quantitative estimate of drug-likeness (QED) is 0.878. The minimum Gasteiger partial charge on any atom is -0.369 e. The van der Waals surface area contributed by atoms with Gasteiger partial charge in [-0.25, -0.2) is 4.98 Å². The second-order valence-corrected chi connectivity index (χ2v) is 4.41. The van der Waals surface area contributed by atoms with Crippen molar-refractivity contribution >= 4 is 5.95 Å². The van der Waals surface area contributed by atoms with Crippen LogP contribution in [-0.2, 0) is 19.9 Å². The average Bonchev–Trinajstić information content (AvgIpc) is 2.58. The summed E-state index contributed by atoms with van der Waals surface area (Å²) in [6, 6.07) is 8.69. The van der Waals surface area contributed by atoms with Crippen molar-refractivity contribution in [2.24, 2.45) is 7.05 Å². The molecule has 0 atom stereocenters. The van der Waals surface area contributed by atoms with Gasteiger partial charge in [0.2, 0.25) is 0 Å². The minimum atomic E-state index is 0.586. The van der Waals surface area contributed by atoms with Gasteiger partial charge in [-0.1, -0.05) is 31.2 Å². The number of nitrogens with zero attached hydrogens (tertiary/aromatic N) is 2. The van der Waals surface area contributed by atoms with Crippen LogP contribution in [0.5, 0.6) is 0 Å². The lowest BCUT2D eigenvalue weighted by atomic mass is 10.1. The fraction of sp³-hybridized carbons (Fsp3) is 0.357. The van der Waals surface area contributed by atoms with E-state index in [0.29, 0.717) is 5.95 Å². The monoisotopic (exact) mass is 229 g/mol. The number of nitrogens with two attached hydrogens (primary N) is 1. The lowest BCUT2D eigenvalue weighted by Crippen LogP contribution is -1.98. The topological polar surface area (TPSA) is 43.8 Å². The van der Waals surface area contributed by atoms with Crippen molar-refractivity contribution in [3.63, 3.8) is 0 Å². The summed E-state index contributed by atoms with van der Waals surface area (Å²) in [5.41, 5.74) is 10.6. The summed E-state index contributed by atoms with van der Waals surface area (Å²) in [5, 5.41) is 0. The van der Waals surface area contributed by atoms with Gasteiger partial charge in [-0.2, -0.15) is 0 Å². The molecule has 0 radical (unpaired) electrons. The molecule has 1 heterocycles. The Morgan fingerprint density at radius 1 is 1.18 bits per heavy atom. The van der Waals surface area contributed by atoms with Gasteiger partial charge in [-0.3, -0.25) is 0 Å². The van der Waals surface area contributed by atoms with Gasteiger partial charge in [0.15, 0.2) is 5.95 Å². The Balaban J connectivity index is 2.22. The molecule has 0 spiro atoms. The van der Waals surface area contributed by atoms with Crippen molar-refractivity contribution in [3.8, 4) is 0 Å². The summed E-state index contributed by atoms with van der Waals surface area (Å²) in [6.07, 6.45) is 1.93. The van der Waals surface area contributed by atoms with E-state index in [1.807, 2.05) is 11.6 Å². The van der Waals surface area contributed by atoms with E-state index in [9.17, 15) is 0 Å². The molecule has 1 aromatic heterocycles. The Hall–Kier alpha value is -1.77. The normalized spacial score (nSPS) is 10.8. The summed E-state index contributed by atoms with van der Waals surface area (Å²) in [5.74, 6) is 0.586. The molecule has 0 bridgehead atoms. The zero-order chi connectivity index (χ0) is 12.4. The third kappa shape index (κ3) is 2.33. The summed E-state index contributed by atoms with van der Waals surface area (Å²) in [6.45, 7) is 4.22. The fourth-order valence-electron chi connectivity index (χ4n) is 1.91. The molecule has 3 heteroatoms. The van der Waals surface area contributed by atoms with Gasteiger partial charge in [-0.15, -0.1) is 0 Å². The van der Waals surface area contributed by atoms with Crippen molar-refractivity contribution in [1.82, 2.24) is 9.55 Å². The molecule has 0 saturated carbocycles. The molecule has 0 amide bonds. The molecule has 0 fully saturated rings. The van der Waals surface area contributed by atoms with Crippen molar-refractivity contribution in [2.45, 2.75) is 26.7 Å². The molecule has 2 N–H and O–H groups in total. The van der Waals surface area contributed by atoms with Crippen LogP contribution in [0.25, 0.3) is 0 Å². The number of nitrogen functional groups attached to an aromatic ring is 1. The molecule has 0 aliphatic heterocycles. The SMILES string of the molecule is CCc1ccc(Cc2nc(N)n(C)c2C)cc1. The number of imidazole rings is 1. The number of hydrogen-bond donors (Lipinski definition) is 1. The van der Waals surface area contributed by atoms with Crippen molar-refractivity contribution in [2.75, 3.05) is 5.73 Å². The van der Waals surface area contributed by atoms with Gasteiger partial charge in [0.1, 0.15) is 0 Å². The van der Waals surface area contributed by atoms with E-state index in [0.717, 1.165) is 24.2 Å². The maximum Gasteiger partial charge on any atom is 0.200 e. The lowest BCUT2D eigenvalue weighted by Gasteiger charge is -2.02. The van der Waals surface area contributed by atoms with Crippen LogP contribution in [0.4, 0.5) is 5.95 Å². The first-order valence-electron chi connectivity index (χ1n) is 5.97. The van der Waals surface area contributed by atoms with Gasteiger partial charge in [0.25, 0.3) is 0 Å². The predicted molar refractivity (Wildman–Crippen MR) is 71.0 cm³/mol. The smallest absolute Gasteiger partial charge is 0.200 e.